The number of sulfone groups is 1. The van der Waals surface area contributed by atoms with Crippen LogP contribution in [0.2, 0.25) is 0 Å². The Kier molecular flexibility index (Phi) is 10.7. The molecule has 2 aromatic rings. The summed E-state index contributed by atoms with van der Waals surface area (Å²) in [5.41, 5.74) is 9.35. The normalized spacial score (nSPS) is 21.4. The van der Waals surface area contributed by atoms with Gasteiger partial charge in [0.1, 0.15) is 0 Å². The summed E-state index contributed by atoms with van der Waals surface area (Å²) in [5, 5.41) is 21.2. The van der Waals surface area contributed by atoms with Gasteiger partial charge in [0.05, 0.1) is 30.1 Å². The number of aliphatic hydroxyl groups excluding tert-OH is 2. The van der Waals surface area contributed by atoms with E-state index in [1.165, 1.54) is 12.3 Å². The van der Waals surface area contributed by atoms with Gasteiger partial charge < -0.3 is 21.3 Å². The lowest BCUT2D eigenvalue weighted by molar-refractivity contribution is -0.0900. The summed E-state index contributed by atoms with van der Waals surface area (Å²) in [4.78, 5) is 6.27. The number of nitrogens with zero attached hydrogens (tertiary/aromatic N) is 2. The molecule has 0 radical (unpaired) electrons. The molecule has 1 aromatic heterocycles. The molecule has 0 saturated heterocycles. The van der Waals surface area contributed by atoms with E-state index in [1.54, 1.807) is 24.4 Å². The Bertz CT molecular complexity index is 1500. The Balaban J connectivity index is 1.49. The lowest BCUT2D eigenvalue weighted by Crippen LogP contribution is -2.37. The zero-order valence-corrected chi connectivity index (χ0v) is 25.9. The van der Waals surface area contributed by atoms with Crippen LogP contribution in [-0.2, 0) is 22.9 Å². The third kappa shape index (κ3) is 8.16. The van der Waals surface area contributed by atoms with Crippen molar-refractivity contribution >= 4 is 9.84 Å². The molecule has 8 nitrogen and oxygen atoms in total. The van der Waals surface area contributed by atoms with Crippen LogP contribution in [0.15, 0.2) is 77.7 Å². The predicted molar refractivity (Wildman–Crippen MR) is 164 cm³/mol. The first-order chi connectivity index (χ1) is 20.7. The second-order valence-electron chi connectivity index (χ2n) is 11.8. The van der Waals surface area contributed by atoms with Gasteiger partial charge in [0.25, 0.3) is 0 Å². The van der Waals surface area contributed by atoms with Crippen molar-refractivity contribution in [3.63, 3.8) is 0 Å². The Hall–Kier alpha value is -3.03. The van der Waals surface area contributed by atoms with E-state index in [2.05, 4.69) is 10.3 Å². The van der Waals surface area contributed by atoms with Gasteiger partial charge in [-0.25, -0.2) is 8.42 Å². The van der Waals surface area contributed by atoms with Gasteiger partial charge in [-0.15, -0.1) is 0 Å². The van der Waals surface area contributed by atoms with E-state index >= 15 is 0 Å². The fraction of sp³-hybridized carbons (Fsp3) is 0.469. The number of nitrogens with one attached hydrogen (secondary N) is 1. The van der Waals surface area contributed by atoms with E-state index in [0.717, 1.165) is 17.2 Å². The molecule has 4 atom stereocenters. The van der Waals surface area contributed by atoms with E-state index < -0.39 is 32.9 Å². The number of pyridine rings is 1. The minimum Gasteiger partial charge on any atom is -0.395 e. The van der Waals surface area contributed by atoms with Crippen LogP contribution in [0, 0.1) is 5.92 Å². The van der Waals surface area contributed by atoms with Crippen molar-refractivity contribution in [2.24, 2.45) is 11.7 Å². The van der Waals surface area contributed by atoms with Crippen LogP contribution in [0.1, 0.15) is 54.1 Å². The first kappa shape index (κ1) is 33.9. The van der Waals surface area contributed by atoms with Crippen molar-refractivity contribution in [3.05, 3.63) is 100 Å². The summed E-state index contributed by atoms with van der Waals surface area (Å²) in [6.45, 7) is 2.09. The summed E-state index contributed by atoms with van der Waals surface area (Å²) >= 11 is 0. The number of halogens is 3. The van der Waals surface area contributed by atoms with E-state index in [1.807, 2.05) is 43.1 Å². The number of allylic oxidation sites excluding steroid dienone is 4. The highest BCUT2D eigenvalue weighted by Gasteiger charge is 2.55. The van der Waals surface area contributed by atoms with Crippen molar-refractivity contribution in [3.8, 4) is 0 Å². The molecule has 240 valence electrons. The van der Waals surface area contributed by atoms with Crippen LogP contribution in [0.25, 0.3) is 0 Å². The second kappa shape index (κ2) is 13.9. The van der Waals surface area contributed by atoms with Gasteiger partial charge in [-0.3, -0.25) is 9.88 Å². The van der Waals surface area contributed by atoms with Crippen LogP contribution in [0.4, 0.5) is 13.2 Å². The molecular formula is C32H41F3N4O4S. The number of hydrogen-bond acceptors (Lipinski definition) is 8. The van der Waals surface area contributed by atoms with Crippen molar-refractivity contribution < 1.29 is 31.8 Å². The van der Waals surface area contributed by atoms with E-state index in [9.17, 15) is 31.8 Å². The Morgan fingerprint density at radius 2 is 1.82 bits per heavy atom. The fourth-order valence-corrected chi connectivity index (χ4v) is 7.66. The minimum absolute atomic E-state index is 0.0464. The van der Waals surface area contributed by atoms with Gasteiger partial charge >= 0.3 is 6.18 Å². The molecule has 2 aliphatic rings. The molecule has 4 rings (SSSR count). The van der Waals surface area contributed by atoms with Gasteiger partial charge in [0, 0.05) is 48.9 Å². The lowest BCUT2D eigenvalue weighted by atomic mass is 9.97. The third-order valence-corrected chi connectivity index (χ3v) is 10.2. The highest BCUT2D eigenvalue weighted by molar-refractivity contribution is 7.91. The zero-order valence-electron chi connectivity index (χ0n) is 25.1. The molecule has 0 bridgehead atoms. The third-order valence-electron chi connectivity index (χ3n) is 8.47. The monoisotopic (exact) mass is 634 g/mol. The number of aromatic nitrogens is 1. The Labute approximate surface area is 257 Å². The molecule has 1 heterocycles. The number of benzene rings is 1. The molecule has 2 aliphatic carbocycles. The number of hydrogen-bond donors (Lipinski definition) is 4. The molecule has 1 aromatic carbocycles. The quantitative estimate of drug-likeness (QED) is 0.261. The number of likely N-dealkylation sites (N-methyl/N-ethyl adjacent to an activating group) is 1. The van der Waals surface area contributed by atoms with Gasteiger partial charge in [0.2, 0.25) is 0 Å². The van der Waals surface area contributed by atoms with Crippen molar-refractivity contribution in [2.45, 2.75) is 62.3 Å². The van der Waals surface area contributed by atoms with E-state index in [-0.39, 0.29) is 49.8 Å². The maximum Gasteiger partial charge on any atom is 0.418 e. The molecule has 0 spiro atoms. The van der Waals surface area contributed by atoms with Crippen LogP contribution < -0.4 is 11.1 Å². The number of aliphatic hydroxyl groups is 2. The number of rotatable bonds is 13. The number of nitrogens with two attached hydrogens (primary N) is 1. The molecule has 44 heavy (non-hydrogen) atoms. The van der Waals surface area contributed by atoms with Gasteiger partial charge in [-0.05, 0) is 60.2 Å². The maximum absolute atomic E-state index is 14.1. The van der Waals surface area contributed by atoms with Gasteiger partial charge in [0.15, 0.2) is 9.84 Å². The van der Waals surface area contributed by atoms with Crippen LogP contribution in [-0.4, -0.2) is 72.5 Å². The van der Waals surface area contributed by atoms with Crippen LogP contribution >= 0.6 is 0 Å². The highest BCUT2D eigenvalue weighted by atomic mass is 32.2. The van der Waals surface area contributed by atoms with Gasteiger partial charge in [-0.2, -0.15) is 13.2 Å². The zero-order chi connectivity index (χ0) is 32.2. The van der Waals surface area contributed by atoms with E-state index in [0.29, 0.717) is 29.8 Å². The summed E-state index contributed by atoms with van der Waals surface area (Å²) in [5.74, 6) is -0.417. The maximum atomic E-state index is 14.1. The second-order valence-corrected chi connectivity index (χ2v) is 14.0. The smallest absolute Gasteiger partial charge is 0.395 e. The summed E-state index contributed by atoms with van der Waals surface area (Å²) in [6.07, 6.45) is 2.99. The first-order valence-electron chi connectivity index (χ1n) is 14.6. The molecule has 5 N–H and O–H groups in total. The topological polar surface area (TPSA) is 129 Å². The van der Waals surface area contributed by atoms with Crippen LogP contribution in [0.3, 0.4) is 0 Å². The SMILES string of the molecule is CC1C(S(C)(=O)=O)[C@H]1c1ncccc1CNC1=CC(CC(N)c2ccc(CN(C)C(CO)CO)cc2)=CCC=C1C(F)(F)F. The van der Waals surface area contributed by atoms with Crippen molar-refractivity contribution in [1.82, 2.24) is 15.2 Å². The molecule has 0 aliphatic heterocycles. The van der Waals surface area contributed by atoms with Crippen molar-refractivity contribution in [1.29, 1.82) is 0 Å². The standard InChI is InChI=1S/C32H41F3N4O4S/c1-20-29(31(20)44(3,42)43)30-24(7-5-13-37-30)16-38-28-15-22(6-4-8-26(28)32(33,34)35)14-27(36)23-11-9-21(10-12-23)17-39(2)25(18-40)19-41/h5-13,15,20,25,27,29,31,38,40-41H,4,14,16-19,36H2,1-3H3/t20?,27?,29-,31?/m1/s1. The van der Waals surface area contributed by atoms with Crippen LogP contribution in [0.5, 0.6) is 0 Å². The fourth-order valence-electron chi connectivity index (χ4n) is 5.89. The Morgan fingerprint density at radius 1 is 1.14 bits per heavy atom. The molecule has 0 amide bonds. The molecule has 1 saturated carbocycles. The summed E-state index contributed by atoms with van der Waals surface area (Å²) in [7, 11) is -1.48. The molecular weight excluding hydrogens is 593 g/mol. The summed E-state index contributed by atoms with van der Waals surface area (Å²) in [6, 6.07) is 10.2. The van der Waals surface area contributed by atoms with Gasteiger partial charge in [-0.1, -0.05) is 49.4 Å². The average Bonchev–Trinajstić information content (AvgIpc) is 3.69. The number of alkyl halides is 3. The van der Waals surface area contributed by atoms with Crippen molar-refractivity contribution in [2.75, 3.05) is 26.5 Å². The molecule has 3 unspecified atom stereocenters. The molecule has 1 fully saturated rings. The average molecular weight is 635 g/mol. The van der Waals surface area contributed by atoms with E-state index in [4.69, 9.17) is 5.73 Å². The Morgan fingerprint density at radius 3 is 2.41 bits per heavy atom. The highest BCUT2D eigenvalue weighted by Crippen LogP contribution is 2.51. The predicted octanol–water partition coefficient (Wildman–Crippen LogP) is 3.90. The first-order valence-corrected chi connectivity index (χ1v) is 16.5. The largest absolute Gasteiger partial charge is 0.418 e. The lowest BCUT2D eigenvalue weighted by Gasteiger charge is -2.24. The minimum atomic E-state index is -4.58. The molecule has 12 heteroatoms. The summed E-state index contributed by atoms with van der Waals surface area (Å²) < 4.78 is 66.8.